The molecule has 0 saturated carbocycles. The van der Waals surface area contributed by atoms with Gasteiger partial charge >= 0.3 is 0 Å². The van der Waals surface area contributed by atoms with Crippen LogP contribution in [-0.2, 0) is 6.54 Å². The number of rotatable bonds is 2. The molecular formula is C13H20N2. The Labute approximate surface area is 92.1 Å². The van der Waals surface area contributed by atoms with Gasteiger partial charge in [0.1, 0.15) is 0 Å². The van der Waals surface area contributed by atoms with E-state index in [1.165, 1.54) is 49.2 Å². The molecule has 1 fully saturated rings. The van der Waals surface area contributed by atoms with Crippen LogP contribution in [0.25, 0.3) is 0 Å². The highest BCUT2D eigenvalue weighted by molar-refractivity contribution is 5.55. The number of aryl methyl sites for hydroxylation is 1. The molecule has 0 atom stereocenters. The second-order valence-corrected chi connectivity index (χ2v) is 4.38. The van der Waals surface area contributed by atoms with E-state index in [0.29, 0.717) is 6.54 Å². The van der Waals surface area contributed by atoms with Crippen molar-refractivity contribution in [3.8, 4) is 0 Å². The van der Waals surface area contributed by atoms with E-state index < -0.39 is 0 Å². The first-order valence-corrected chi connectivity index (χ1v) is 5.86. The summed E-state index contributed by atoms with van der Waals surface area (Å²) in [5.74, 6) is 0. The maximum Gasteiger partial charge on any atom is 0.0411 e. The third-order valence-electron chi connectivity index (χ3n) is 3.15. The van der Waals surface area contributed by atoms with Gasteiger partial charge in [0.05, 0.1) is 0 Å². The average molecular weight is 204 g/mol. The largest absolute Gasteiger partial charge is 0.371 e. The van der Waals surface area contributed by atoms with E-state index in [9.17, 15) is 0 Å². The van der Waals surface area contributed by atoms with Crippen LogP contribution in [0.4, 0.5) is 5.69 Å². The number of piperidine rings is 1. The van der Waals surface area contributed by atoms with Crippen molar-refractivity contribution in [2.24, 2.45) is 5.73 Å². The van der Waals surface area contributed by atoms with Crippen molar-refractivity contribution in [3.05, 3.63) is 29.3 Å². The number of hydrogen-bond acceptors (Lipinski definition) is 2. The van der Waals surface area contributed by atoms with Crippen LogP contribution in [0.2, 0.25) is 0 Å². The molecule has 0 radical (unpaired) electrons. The quantitative estimate of drug-likeness (QED) is 0.801. The van der Waals surface area contributed by atoms with Crippen molar-refractivity contribution in [2.75, 3.05) is 18.0 Å². The van der Waals surface area contributed by atoms with Crippen molar-refractivity contribution >= 4 is 5.69 Å². The highest BCUT2D eigenvalue weighted by Crippen LogP contribution is 2.24. The Hall–Kier alpha value is -1.02. The molecule has 2 N–H and O–H groups in total. The topological polar surface area (TPSA) is 29.3 Å². The third-order valence-corrected chi connectivity index (χ3v) is 3.15. The summed E-state index contributed by atoms with van der Waals surface area (Å²) >= 11 is 0. The molecule has 0 spiro atoms. The number of benzene rings is 1. The highest BCUT2D eigenvalue weighted by atomic mass is 15.1. The van der Waals surface area contributed by atoms with E-state index in [1.54, 1.807) is 0 Å². The summed E-state index contributed by atoms with van der Waals surface area (Å²) in [6, 6.07) is 6.62. The molecule has 2 heteroatoms. The van der Waals surface area contributed by atoms with Crippen molar-refractivity contribution in [3.63, 3.8) is 0 Å². The first kappa shape index (κ1) is 10.5. The fourth-order valence-electron chi connectivity index (χ4n) is 2.32. The zero-order chi connectivity index (χ0) is 10.7. The molecule has 2 rings (SSSR count). The van der Waals surface area contributed by atoms with Gasteiger partial charge < -0.3 is 10.6 Å². The zero-order valence-corrected chi connectivity index (χ0v) is 9.50. The third kappa shape index (κ3) is 2.32. The molecule has 1 aromatic rings. The monoisotopic (exact) mass is 204 g/mol. The van der Waals surface area contributed by atoms with Crippen LogP contribution in [0.15, 0.2) is 18.2 Å². The predicted octanol–water partition coefficient (Wildman–Crippen LogP) is 2.44. The van der Waals surface area contributed by atoms with Crippen molar-refractivity contribution in [1.29, 1.82) is 0 Å². The lowest BCUT2D eigenvalue weighted by Crippen LogP contribution is -2.30. The van der Waals surface area contributed by atoms with Crippen molar-refractivity contribution in [2.45, 2.75) is 32.7 Å². The molecule has 0 aliphatic carbocycles. The fraction of sp³-hybridized carbons (Fsp3) is 0.538. The molecule has 0 aromatic heterocycles. The van der Waals surface area contributed by atoms with Crippen molar-refractivity contribution < 1.29 is 0 Å². The van der Waals surface area contributed by atoms with Gasteiger partial charge in [-0.15, -0.1) is 0 Å². The van der Waals surface area contributed by atoms with E-state index >= 15 is 0 Å². The van der Waals surface area contributed by atoms with E-state index in [4.69, 9.17) is 5.73 Å². The van der Waals surface area contributed by atoms with E-state index in [1.807, 2.05) is 0 Å². The summed E-state index contributed by atoms with van der Waals surface area (Å²) in [5, 5.41) is 0. The van der Waals surface area contributed by atoms with Gasteiger partial charge in [0.2, 0.25) is 0 Å². The molecule has 0 bridgehead atoms. The minimum absolute atomic E-state index is 0.646. The molecule has 2 nitrogen and oxygen atoms in total. The first-order chi connectivity index (χ1) is 7.31. The average Bonchev–Trinajstić information content (AvgIpc) is 2.30. The van der Waals surface area contributed by atoms with Crippen LogP contribution < -0.4 is 10.6 Å². The van der Waals surface area contributed by atoms with Gasteiger partial charge in [-0.2, -0.15) is 0 Å². The van der Waals surface area contributed by atoms with E-state index in [0.717, 1.165) is 0 Å². The standard InChI is InChI=1S/C13H20N2/c1-11-5-6-13(12(9-11)10-14)15-7-3-2-4-8-15/h5-6,9H,2-4,7-8,10,14H2,1H3. The van der Waals surface area contributed by atoms with Gasteiger partial charge in [0, 0.05) is 25.3 Å². The van der Waals surface area contributed by atoms with Crippen molar-refractivity contribution in [1.82, 2.24) is 0 Å². The molecule has 1 aliphatic heterocycles. The molecule has 15 heavy (non-hydrogen) atoms. The van der Waals surface area contributed by atoms with Crippen LogP contribution in [0, 0.1) is 6.92 Å². The SMILES string of the molecule is Cc1ccc(N2CCCCC2)c(CN)c1. The predicted molar refractivity (Wildman–Crippen MR) is 65.1 cm³/mol. The van der Waals surface area contributed by atoms with Gasteiger partial charge in [-0.1, -0.05) is 17.7 Å². The Morgan fingerprint density at radius 3 is 2.60 bits per heavy atom. The second-order valence-electron chi connectivity index (χ2n) is 4.38. The number of anilines is 1. The lowest BCUT2D eigenvalue weighted by Gasteiger charge is -2.30. The Bertz CT molecular complexity index is 327. The Morgan fingerprint density at radius 2 is 1.93 bits per heavy atom. The van der Waals surface area contributed by atoms with Gasteiger partial charge in [0.25, 0.3) is 0 Å². The van der Waals surface area contributed by atoms with Crippen LogP contribution in [0.1, 0.15) is 30.4 Å². The maximum absolute atomic E-state index is 5.80. The highest BCUT2D eigenvalue weighted by Gasteiger charge is 2.13. The number of nitrogens with two attached hydrogens (primary N) is 1. The number of nitrogens with zero attached hydrogens (tertiary/aromatic N) is 1. The summed E-state index contributed by atoms with van der Waals surface area (Å²) in [6.07, 6.45) is 4.01. The summed E-state index contributed by atoms with van der Waals surface area (Å²) in [4.78, 5) is 2.48. The second kappa shape index (κ2) is 4.67. The molecule has 1 aliphatic rings. The lowest BCUT2D eigenvalue weighted by molar-refractivity contribution is 0.576. The Morgan fingerprint density at radius 1 is 1.20 bits per heavy atom. The van der Waals surface area contributed by atoms with E-state index in [-0.39, 0.29) is 0 Å². The van der Waals surface area contributed by atoms with E-state index in [2.05, 4.69) is 30.0 Å². The normalized spacial score (nSPS) is 16.8. The zero-order valence-electron chi connectivity index (χ0n) is 9.50. The summed E-state index contributed by atoms with van der Waals surface area (Å²) in [7, 11) is 0. The van der Waals surface area contributed by atoms with Crippen LogP contribution in [0.5, 0.6) is 0 Å². The minimum atomic E-state index is 0.646. The Kier molecular flexibility index (Phi) is 3.27. The molecular weight excluding hydrogens is 184 g/mol. The smallest absolute Gasteiger partial charge is 0.0411 e. The molecule has 1 heterocycles. The van der Waals surface area contributed by atoms with Crippen LogP contribution >= 0.6 is 0 Å². The fourth-order valence-corrected chi connectivity index (χ4v) is 2.32. The molecule has 0 unspecified atom stereocenters. The molecule has 1 aromatic carbocycles. The number of hydrogen-bond donors (Lipinski definition) is 1. The summed E-state index contributed by atoms with van der Waals surface area (Å²) < 4.78 is 0. The first-order valence-electron chi connectivity index (χ1n) is 5.86. The molecule has 1 saturated heterocycles. The van der Waals surface area contributed by atoms with Gasteiger partial charge in [-0.05, 0) is 37.8 Å². The van der Waals surface area contributed by atoms with Gasteiger partial charge in [-0.25, -0.2) is 0 Å². The summed E-state index contributed by atoms with van der Waals surface area (Å²) in [5.41, 5.74) is 9.74. The van der Waals surface area contributed by atoms with Crippen LogP contribution in [0.3, 0.4) is 0 Å². The lowest BCUT2D eigenvalue weighted by atomic mass is 10.1. The van der Waals surface area contributed by atoms with Gasteiger partial charge in [0.15, 0.2) is 0 Å². The summed E-state index contributed by atoms with van der Waals surface area (Å²) in [6.45, 7) is 5.15. The van der Waals surface area contributed by atoms with Crippen LogP contribution in [-0.4, -0.2) is 13.1 Å². The maximum atomic E-state index is 5.80. The van der Waals surface area contributed by atoms with Gasteiger partial charge in [-0.3, -0.25) is 0 Å². The minimum Gasteiger partial charge on any atom is -0.371 e. The molecule has 82 valence electrons. The Balaban J connectivity index is 2.25. The molecule has 0 amide bonds.